The highest BCUT2D eigenvalue weighted by Gasteiger charge is 2.40. The van der Waals surface area contributed by atoms with E-state index in [-0.39, 0.29) is 21.1 Å². The van der Waals surface area contributed by atoms with E-state index in [0.29, 0.717) is 10.1 Å². The molecule has 0 aliphatic carbocycles. The largest absolute Gasteiger partial charge is 0.455 e. The molecule has 0 saturated heterocycles. The summed E-state index contributed by atoms with van der Waals surface area (Å²) in [6.07, 6.45) is -5.07. The van der Waals surface area contributed by atoms with Gasteiger partial charge in [-0.1, -0.05) is 18.2 Å². The van der Waals surface area contributed by atoms with Crippen molar-refractivity contribution in [3.05, 3.63) is 51.5 Å². The van der Waals surface area contributed by atoms with Gasteiger partial charge in [-0.05, 0) is 18.2 Å². The number of ketones is 1. The van der Waals surface area contributed by atoms with Gasteiger partial charge in [-0.3, -0.25) is 9.59 Å². The molecule has 0 atom stereocenters. The zero-order valence-corrected chi connectivity index (χ0v) is 15.0. The van der Waals surface area contributed by atoms with Crippen LogP contribution in [0.25, 0.3) is 10.1 Å². The number of alkyl halides is 3. The van der Waals surface area contributed by atoms with E-state index in [4.69, 9.17) is 0 Å². The van der Waals surface area contributed by atoms with Crippen LogP contribution in [0.2, 0.25) is 0 Å². The average molecular weight is 419 g/mol. The van der Waals surface area contributed by atoms with Gasteiger partial charge in [0.25, 0.3) is 21.7 Å². The van der Waals surface area contributed by atoms with Crippen LogP contribution in [0, 0.1) is 0 Å². The van der Waals surface area contributed by atoms with Crippen molar-refractivity contribution in [2.75, 3.05) is 0 Å². The summed E-state index contributed by atoms with van der Waals surface area (Å²) in [5.41, 5.74) is 0. The third kappa shape index (κ3) is 3.50. The van der Waals surface area contributed by atoms with E-state index in [1.165, 1.54) is 16.7 Å². The molecule has 0 aliphatic rings. The molecule has 1 aromatic carbocycles. The van der Waals surface area contributed by atoms with E-state index >= 15 is 0 Å². The fraction of sp³-hybridized carbons (Fsp3) is 0.0667. The lowest BCUT2D eigenvalue weighted by Crippen LogP contribution is -2.29. The number of hydrogen-bond acceptors (Lipinski definition) is 6. The number of carbonyl (C=O) groups is 2. The first-order chi connectivity index (χ1) is 12.1. The third-order valence-corrected chi connectivity index (χ3v) is 6.84. The van der Waals surface area contributed by atoms with Crippen LogP contribution in [0.1, 0.15) is 19.3 Å². The lowest BCUT2D eigenvalue weighted by molar-refractivity contribution is -0.0882. The van der Waals surface area contributed by atoms with Crippen LogP contribution in [0.3, 0.4) is 0 Å². The van der Waals surface area contributed by atoms with Gasteiger partial charge >= 0.3 is 6.18 Å². The highest BCUT2D eigenvalue weighted by Crippen LogP contribution is 2.30. The summed E-state index contributed by atoms with van der Waals surface area (Å²) in [4.78, 5) is 22.2. The number of carbonyl (C=O) groups excluding carboxylic acids is 2. The number of halogens is 3. The van der Waals surface area contributed by atoms with Gasteiger partial charge in [0.05, 0.1) is 9.75 Å². The van der Waals surface area contributed by atoms with Gasteiger partial charge in [-0.2, -0.15) is 13.2 Å². The lowest BCUT2D eigenvalue weighted by Gasteiger charge is -2.05. The second-order valence-corrected chi connectivity index (χ2v) is 8.67. The molecule has 0 saturated carbocycles. The molecule has 1 amide bonds. The number of benzene rings is 1. The molecule has 0 fully saturated rings. The Morgan fingerprint density at radius 3 is 2.35 bits per heavy atom. The molecule has 0 spiro atoms. The molecule has 5 nitrogen and oxygen atoms in total. The summed E-state index contributed by atoms with van der Waals surface area (Å²) in [5, 5.41) is 1.80. The van der Waals surface area contributed by atoms with Crippen molar-refractivity contribution in [1.82, 2.24) is 4.72 Å². The Bertz CT molecular complexity index is 1110. The molecule has 3 aromatic rings. The van der Waals surface area contributed by atoms with Gasteiger partial charge in [0.2, 0.25) is 0 Å². The van der Waals surface area contributed by atoms with Crippen molar-refractivity contribution in [2.24, 2.45) is 0 Å². The Balaban J connectivity index is 1.86. The maximum absolute atomic E-state index is 12.4. The van der Waals surface area contributed by atoms with Crippen LogP contribution in [0.15, 0.2) is 46.7 Å². The standard InChI is InChI=1S/C15H8F3NO4S3/c16-15(17,18)13(20)10-5-6-11(25-10)14(21)19-26(22,23)12-7-24-9-4-2-1-3-8(9)12/h1-7H,(H,19,21). The van der Waals surface area contributed by atoms with Crippen LogP contribution >= 0.6 is 22.7 Å². The molecule has 1 N–H and O–H groups in total. The van der Waals surface area contributed by atoms with E-state index in [9.17, 15) is 31.2 Å². The predicted octanol–water partition coefficient (Wildman–Crippen LogP) is 3.83. The van der Waals surface area contributed by atoms with Crippen molar-refractivity contribution in [1.29, 1.82) is 0 Å². The number of rotatable bonds is 4. The summed E-state index contributed by atoms with van der Waals surface area (Å²) < 4.78 is 64.6. The first kappa shape index (κ1) is 18.5. The molecule has 136 valence electrons. The molecule has 0 bridgehead atoms. The summed E-state index contributed by atoms with van der Waals surface area (Å²) in [7, 11) is -4.22. The number of nitrogens with one attached hydrogen (secondary N) is 1. The number of Topliss-reactive ketones (excluding diaryl/α,β-unsaturated/α-hetero) is 1. The topological polar surface area (TPSA) is 80.3 Å². The van der Waals surface area contributed by atoms with Crippen LogP contribution < -0.4 is 4.72 Å². The first-order valence-electron chi connectivity index (χ1n) is 6.84. The lowest BCUT2D eigenvalue weighted by atomic mass is 10.3. The molecule has 26 heavy (non-hydrogen) atoms. The minimum absolute atomic E-state index is 0.102. The number of fused-ring (bicyclic) bond motifs is 1. The summed E-state index contributed by atoms with van der Waals surface area (Å²) in [5.74, 6) is -3.19. The maximum atomic E-state index is 12.4. The fourth-order valence-electron chi connectivity index (χ4n) is 2.11. The SMILES string of the molecule is O=C(NS(=O)(=O)c1csc2ccccc12)c1ccc(C(=O)C(F)(F)F)s1. The smallest absolute Gasteiger partial charge is 0.283 e. The quantitative estimate of drug-likeness (QED) is 0.652. The molecule has 11 heteroatoms. The van der Waals surface area contributed by atoms with Gasteiger partial charge < -0.3 is 0 Å². The molecule has 2 aromatic heterocycles. The van der Waals surface area contributed by atoms with Gasteiger partial charge in [-0.15, -0.1) is 22.7 Å². The van der Waals surface area contributed by atoms with Crippen molar-refractivity contribution in [2.45, 2.75) is 11.1 Å². The van der Waals surface area contributed by atoms with Crippen LogP contribution in [0.4, 0.5) is 13.2 Å². The minimum Gasteiger partial charge on any atom is -0.283 e. The van der Waals surface area contributed by atoms with Crippen molar-refractivity contribution < 1.29 is 31.2 Å². The zero-order chi connectivity index (χ0) is 19.1. The second kappa shape index (κ2) is 6.49. The van der Waals surface area contributed by atoms with Crippen LogP contribution in [-0.2, 0) is 10.0 Å². The highest BCUT2D eigenvalue weighted by atomic mass is 32.2. The van der Waals surface area contributed by atoms with E-state index < -0.39 is 32.8 Å². The number of sulfonamides is 1. The summed E-state index contributed by atoms with van der Waals surface area (Å²) in [6.45, 7) is 0. The molecular formula is C15H8F3NO4S3. The van der Waals surface area contributed by atoms with E-state index in [0.717, 1.165) is 12.1 Å². The molecule has 0 aliphatic heterocycles. The Hall–Kier alpha value is -2.24. The minimum atomic E-state index is -5.07. The Morgan fingerprint density at radius 2 is 1.65 bits per heavy atom. The van der Waals surface area contributed by atoms with Crippen molar-refractivity contribution in [3.63, 3.8) is 0 Å². The van der Waals surface area contributed by atoms with E-state index in [1.54, 1.807) is 24.3 Å². The number of thiophene rings is 2. The monoisotopic (exact) mass is 419 g/mol. The summed E-state index contributed by atoms with van der Waals surface area (Å²) in [6, 6.07) is 8.48. The molecule has 0 radical (unpaired) electrons. The molecule has 0 unspecified atom stereocenters. The van der Waals surface area contributed by atoms with Crippen LogP contribution in [0.5, 0.6) is 0 Å². The second-order valence-electron chi connectivity index (χ2n) is 5.02. The van der Waals surface area contributed by atoms with Gasteiger partial charge in [-0.25, -0.2) is 13.1 Å². The van der Waals surface area contributed by atoms with Crippen LogP contribution in [-0.4, -0.2) is 26.3 Å². The van der Waals surface area contributed by atoms with Gasteiger partial charge in [0.15, 0.2) is 0 Å². The van der Waals surface area contributed by atoms with E-state index in [1.807, 2.05) is 4.72 Å². The van der Waals surface area contributed by atoms with Gasteiger partial charge in [0, 0.05) is 15.5 Å². The molecule has 3 rings (SSSR count). The Morgan fingerprint density at radius 1 is 1.00 bits per heavy atom. The van der Waals surface area contributed by atoms with Crippen molar-refractivity contribution in [3.8, 4) is 0 Å². The Labute approximate surface area is 153 Å². The number of hydrogen-bond donors (Lipinski definition) is 1. The van der Waals surface area contributed by atoms with E-state index in [2.05, 4.69) is 0 Å². The molecule has 2 heterocycles. The highest BCUT2D eigenvalue weighted by molar-refractivity contribution is 7.90. The third-order valence-electron chi connectivity index (χ3n) is 3.27. The Kier molecular flexibility index (Phi) is 4.63. The summed E-state index contributed by atoms with van der Waals surface area (Å²) >= 11 is 1.45. The predicted molar refractivity (Wildman–Crippen MR) is 91.2 cm³/mol. The maximum Gasteiger partial charge on any atom is 0.455 e. The average Bonchev–Trinajstić information content (AvgIpc) is 3.20. The number of amides is 1. The molecular weight excluding hydrogens is 411 g/mol. The zero-order valence-electron chi connectivity index (χ0n) is 12.5. The fourth-order valence-corrected chi connectivity index (χ4v) is 5.51. The van der Waals surface area contributed by atoms with Gasteiger partial charge in [0.1, 0.15) is 4.90 Å². The normalized spacial score (nSPS) is 12.3. The first-order valence-corrected chi connectivity index (χ1v) is 10.0. The van der Waals surface area contributed by atoms with Crippen molar-refractivity contribution >= 4 is 54.5 Å².